The number of rotatable bonds is 3. The topological polar surface area (TPSA) is 67.3 Å². The first-order chi connectivity index (χ1) is 10.7. The molecule has 0 fully saturated rings. The minimum atomic E-state index is -0.336. The normalized spacial score (nSPS) is 13.7. The van der Waals surface area contributed by atoms with Crippen LogP contribution in [-0.2, 0) is 0 Å². The lowest BCUT2D eigenvalue weighted by Crippen LogP contribution is -2.43. The molecule has 1 aromatic heterocycles. The van der Waals surface area contributed by atoms with Crippen molar-refractivity contribution in [1.82, 2.24) is 9.88 Å². The van der Waals surface area contributed by atoms with Crippen LogP contribution in [0.3, 0.4) is 0 Å². The number of fused-ring (bicyclic) bond motifs is 1. The summed E-state index contributed by atoms with van der Waals surface area (Å²) in [6.07, 6.45) is 2.47. The Morgan fingerprint density at radius 1 is 0.957 bits per heavy atom. The van der Waals surface area contributed by atoms with Gasteiger partial charge in [0.05, 0.1) is 5.56 Å². The Balaban J connectivity index is 2.65. The smallest absolute Gasteiger partial charge is 0.273 e. The summed E-state index contributed by atoms with van der Waals surface area (Å²) in [6, 6.07) is 0.0227. The number of hydrogen-bond acceptors (Lipinski definition) is 4. The van der Waals surface area contributed by atoms with Crippen molar-refractivity contribution in [1.29, 1.82) is 0 Å². The van der Waals surface area contributed by atoms with Crippen LogP contribution in [0.5, 0.6) is 0 Å². The van der Waals surface area contributed by atoms with Gasteiger partial charge in [-0.25, -0.2) is 4.98 Å². The number of aromatic nitrogens is 1. The molecule has 122 valence electrons. The van der Waals surface area contributed by atoms with Crippen LogP contribution in [-0.4, -0.2) is 39.4 Å². The van der Waals surface area contributed by atoms with Crippen LogP contribution in [0.1, 0.15) is 70.2 Å². The SMILES string of the molecule is Cc1c(C(=O)N(C(C)C)C(C)C)nc2c(c1C)C(=O)C=CC2=O. The van der Waals surface area contributed by atoms with Crippen molar-refractivity contribution in [3.05, 3.63) is 40.2 Å². The largest absolute Gasteiger partial charge is 0.332 e. The van der Waals surface area contributed by atoms with Crippen LogP contribution in [0.4, 0.5) is 0 Å². The Morgan fingerprint density at radius 3 is 2.00 bits per heavy atom. The van der Waals surface area contributed by atoms with E-state index in [2.05, 4.69) is 4.98 Å². The monoisotopic (exact) mass is 314 g/mol. The first-order valence-electron chi connectivity index (χ1n) is 7.77. The third-order valence-electron chi connectivity index (χ3n) is 4.17. The summed E-state index contributed by atoms with van der Waals surface area (Å²) >= 11 is 0. The summed E-state index contributed by atoms with van der Waals surface area (Å²) < 4.78 is 0. The Morgan fingerprint density at radius 2 is 1.48 bits per heavy atom. The zero-order valence-electron chi connectivity index (χ0n) is 14.4. The number of pyridine rings is 1. The summed E-state index contributed by atoms with van der Waals surface area (Å²) in [5.41, 5.74) is 1.94. The summed E-state index contributed by atoms with van der Waals surface area (Å²) in [6.45, 7) is 11.3. The molecule has 0 aliphatic heterocycles. The van der Waals surface area contributed by atoms with E-state index in [4.69, 9.17) is 0 Å². The number of amides is 1. The van der Waals surface area contributed by atoms with E-state index in [1.54, 1.807) is 18.7 Å². The fourth-order valence-electron chi connectivity index (χ4n) is 2.98. The van der Waals surface area contributed by atoms with E-state index in [1.165, 1.54) is 12.2 Å². The van der Waals surface area contributed by atoms with Crippen molar-refractivity contribution in [2.24, 2.45) is 0 Å². The van der Waals surface area contributed by atoms with Gasteiger partial charge in [-0.1, -0.05) is 0 Å². The van der Waals surface area contributed by atoms with Gasteiger partial charge in [0.1, 0.15) is 11.4 Å². The maximum absolute atomic E-state index is 12.9. The average molecular weight is 314 g/mol. The van der Waals surface area contributed by atoms with E-state index in [-0.39, 0.29) is 40.9 Å². The van der Waals surface area contributed by atoms with Gasteiger partial charge in [-0.05, 0) is 64.8 Å². The highest BCUT2D eigenvalue weighted by Crippen LogP contribution is 2.25. The molecule has 0 saturated heterocycles. The van der Waals surface area contributed by atoms with Gasteiger partial charge in [0, 0.05) is 12.1 Å². The molecule has 0 aromatic carbocycles. The molecule has 0 spiro atoms. The second kappa shape index (κ2) is 6.07. The molecule has 1 aromatic rings. The highest BCUT2D eigenvalue weighted by molar-refractivity contribution is 6.22. The molecule has 0 unspecified atom stereocenters. The van der Waals surface area contributed by atoms with Crippen molar-refractivity contribution < 1.29 is 14.4 Å². The van der Waals surface area contributed by atoms with Crippen LogP contribution >= 0.6 is 0 Å². The Labute approximate surface area is 136 Å². The zero-order valence-corrected chi connectivity index (χ0v) is 14.4. The van der Waals surface area contributed by atoms with Gasteiger partial charge >= 0.3 is 0 Å². The average Bonchev–Trinajstić information content (AvgIpc) is 2.45. The van der Waals surface area contributed by atoms with Crippen LogP contribution < -0.4 is 0 Å². The molecular weight excluding hydrogens is 292 g/mol. The van der Waals surface area contributed by atoms with Gasteiger partial charge in [-0.15, -0.1) is 0 Å². The maximum atomic E-state index is 12.9. The van der Waals surface area contributed by atoms with Gasteiger partial charge < -0.3 is 4.90 Å². The zero-order chi connectivity index (χ0) is 17.5. The van der Waals surface area contributed by atoms with E-state index in [0.29, 0.717) is 16.7 Å². The number of carbonyl (C=O) groups excluding carboxylic acids is 3. The van der Waals surface area contributed by atoms with Crippen LogP contribution in [0.2, 0.25) is 0 Å². The van der Waals surface area contributed by atoms with Crippen molar-refractivity contribution in [2.45, 2.75) is 53.6 Å². The number of allylic oxidation sites excluding steroid dienone is 2. The predicted molar refractivity (Wildman–Crippen MR) is 88.0 cm³/mol. The van der Waals surface area contributed by atoms with Gasteiger partial charge in [0.25, 0.3) is 5.91 Å². The molecule has 1 heterocycles. The number of hydrogen-bond donors (Lipinski definition) is 0. The van der Waals surface area contributed by atoms with Crippen molar-refractivity contribution in [2.75, 3.05) is 0 Å². The molecule has 1 aliphatic carbocycles. The van der Waals surface area contributed by atoms with Gasteiger partial charge in [-0.3, -0.25) is 14.4 Å². The molecule has 5 nitrogen and oxygen atoms in total. The first kappa shape index (κ1) is 17.1. The fraction of sp³-hybridized carbons (Fsp3) is 0.444. The molecule has 0 saturated carbocycles. The van der Waals surface area contributed by atoms with Gasteiger partial charge in [0.15, 0.2) is 5.78 Å². The molecule has 1 amide bonds. The molecule has 0 radical (unpaired) electrons. The Hall–Kier alpha value is -2.30. The lowest BCUT2D eigenvalue weighted by molar-refractivity contribution is 0.0636. The van der Waals surface area contributed by atoms with Gasteiger partial charge in [0.2, 0.25) is 5.78 Å². The van der Waals surface area contributed by atoms with Crippen LogP contribution in [0.15, 0.2) is 12.2 Å². The Bertz CT molecular complexity index is 722. The van der Waals surface area contributed by atoms with Crippen molar-refractivity contribution in [3.63, 3.8) is 0 Å². The van der Waals surface area contributed by atoms with Crippen molar-refractivity contribution >= 4 is 17.5 Å². The third kappa shape index (κ3) is 2.83. The predicted octanol–water partition coefficient (Wildman–Crippen LogP) is 2.89. The highest BCUT2D eigenvalue weighted by Gasteiger charge is 2.30. The second-order valence-corrected chi connectivity index (χ2v) is 6.40. The molecule has 0 atom stereocenters. The third-order valence-corrected chi connectivity index (χ3v) is 4.17. The van der Waals surface area contributed by atoms with Crippen LogP contribution in [0, 0.1) is 13.8 Å². The van der Waals surface area contributed by atoms with Gasteiger partial charge in [-0.2, -0.15) is 0 Å². The van der Waals surface area contributed by atoms with E-state index < -0.39 is 0 Å². The molecule has 2 rings (SSSR count). The quantitative estimate of drug-likeness (QED) is 0.860. The highest BCUT2D eigenvalue weighted by atomic mass is 16.2. The standard InChI is InChI=1S/C18H22N2O3/c1-9(2)20(10(3)4)18(23)16-12(6)11(5)15-13(21)7-8-14(22)17(15)19-16/h7-10H,1-6H3. The molecule has 1 aliphatic rings. The minimum absolute atomic E-state index is 0.0114. The minimum Gasteiger partial charge on any atom is -0.332 e. The lowest BCUT2D eigenvalue weighted by atomic mass is 9.91. The van der Waals surface area contributed by atoms with Crippen LogP contribution in [0.25, 0.3) is 0 Å². The first-order valence-corrected chi connectivity index (χ1v) is 7.77. The molecule has 0 N–H and O–H groups in total. The molecule has 5 heteroatoms. The lowest BCUT2D eigenvalue weighted by Gasteiger charge is -2.31. The second-order valence-electron chi connectivity index (χ2n) is 6.40. The number of carbonyl (C=O) groups is 3. The van der Waals surface area contributed by atoms with E-state index in [1.807, 2.05) is 27.7 Å². The number of nitrogens with zero attached hydrogens (tertiary/aromatic N) is 2. The molecular formula is C18H22N2O3. The fourth-order valence-corrected chi connectivity index (χ4v) is 2.98. The van der Waals surface area contributed by atoms with E-state index in [0.717, 1.165) is 0 Å². The van der Waals surface area contributed by atoms with Crippen molar-refractivity contribution in [3.8, 4) is 0 Å². The summed E-state index contributed by atoms with van der Waals surface area (Å²) in [7, 11) is 0. The number of ketones is 2. The summed E-state index contributed by atoms with van der Waals surface area (Å²) in [4.78, 5) is 43.1. The molecule has 23 heavy (non-hydrogen) atoms. The summed E-state index contributed by atoms with van der Waals surface area (Å²) in [5.74, 6) is -0.790. The van der Waals surface area contributed by atoms with E-state index >= 15 is 0 Å². The Kier molecular flexibility index (Phi) is 4.50. The molecule has 0 bridgehead atoms. The summed E-state index contributed by atoms with van der Waals surface area (Å²) in [5, 5.41) is 0. The maximum Gasteiger partial charge on any atom is 0.273 e. The van der Waals surface area contributed by atoms with E-state index in [9.17, 15) is 14.4 Å².